The molecule has 0 aliphatic rings. The highest BCUT2D eigenvalue weighted by Crippen LogP contribution is 2.34. The lowest BCUT2D eigenvalue weighted by molar-refractivity contribution is -0.211. The fourth-order valence-electron chi connectivity index (χ4n) is 1.07. The second-order valence-electron chi connectivity index (χ2n) is 3.95. The van der Waals surface area contributed by atoms with E-state index >= 15 is 0 Å². The Morgan fingerprint density at radius 3 is 1.23 bits per heavy atom. The normalized spacial score (nSPS) is 11.6. The summed E-state index contributed by atoms with van der Waals surface area (Å²) in [6.45, 7) is -1.67. The van der Waals surface area contributed by atoms with Crippen molar-refractivity contribution in [2.75, 3.05) is 13.1 Å². The number of aliphatic carboxylic acids is 2. The van der Waals surface area contributed by atoms with E-state index in [2.05, 4.69) is 0 Å². The van der Waals surface area contributed by atoms with Crippen LogP contribution in [0.4, 0.5) is 17.6 Å². The van der Waals surface area contributed by atoms with Gasteiger partial charge in [-0.15, -0.1) is 0 Å². The van der Waals surface area contributed by atoms with Gasteiger partial charge in [-0.3, -0.25) is 19.2 Å². The Morgan fingerprint density at radius 1 is 0.727 bits per heavy atom. The third kappa shape index (κ3) is 5.18. The maximum atomic E-state index is 13.3. The van der Waals surface area contributed by atoms with Gasteiger partial charge in [0.25, 0.3) is 11.8 Å². The molecule has 0 saturated heterocycles. The summed E-state index contributed by atoms with van der Waals surface area (Å²) < 4.78 is 53.1. The molecule has 0 rings (SSSR count). The number of amides is 2. The second kappa shape index (κ2) is 7.56. The summed E-state index contributed by atoms with van der Waals surface area (Å²) in [5.41, 5.74) is 0. The lowest BCUT2D eigenvalue weighted by Gasteiger charge is -2.24. The van der Waals surface area contributed by atoms with E-state index in [4.69, 9.17) is 10.2 Å². The number of rotatable bonds is 9. The molecular formula is C10H12F4N2O6. The lowest BCUT2D eigenvalue weighted by atomic mass is 10.1. The number of carboxylic acid groups (broad SMARTS) is 2. The second-order valence-corrected chi connectivity index (χ2v) is 3.95. The smallest absolute Gasteiger partial charge is 0.395 e. The quantitative estimate of drug-likeness (QED) is 0.418. The van der Waals surface area contributed by atoms with Gasteiger partial charge in [0.15, 0.2) is 0 Å². The summed E-state index contributed by atoms with van der Waals surface area (Å²) in [6.07, 6.45) is -1.56. The highest BCUT2D eigenvalue weighted by atomic mass is 19.3. The van der Waals surface area contributed by atoms with Gasteiger partial charge in [0.2, 0.25) is 0 Å². The molecular weight excluding hydrogens is 320 g/mol. The lowest BCUT2D eigenvalue weighted by Crippen LogP contribution is -2.59. The average Bonchev–Trinajstić information content (AvgIpc) is 2.37. The van der Waals surface area contributed by atoms with Gasteiger partial charge in [0.05, 0.1) is 12.8 Å². The molecule has 2 amide bonds. The number of hydrogen-bond acceptors (Lipinski definition) is 4. The van der Waals surface area contributed by atoms with Crippen LogP contribution in [-0.4, -0.2) is 58.9 Å². The number of nitrogens with one attached hydrogen (secondary N) is 2. The fourth-order valence-corrected chi connectivity index (χ4v) is 1.07. The van der Waals surface area contributed by atoms with E-state index in [1.54, 1.807) is 0 Å². The third-order valence-corrected chi connectivity index (χ3v) is 2.21. The van der Waals surface area contributed by atoms with Gasteiger partial charge >= 0.3 is 23.8 Å². The molecule has 0 aromatic rings. The molecule has 0 aliphatic carbocycles. The molecule has 0 atom stereocenters. The SMILES string of the molecule is O=C(O)CCNC(=O)C(F)(F)C(F)(F)C(=O)NCCC(=O)O. The standard InChI is InChI=1S/C10H12F4N2O6/c11-9(12,7(21)15-3-1-5(17)18)10(13,14)8(22)16-4-2-6(19)20/h1-4H2,(H,15,21)(H,16,22)(H,17,18)(H,19,20). The van der Waals surface area contributed by atoms with Crippen LogP contribution in [0.15, 0.2) is 0 Å². The highest BCUT2D eigenvalue weighted by Gasteiger charge is 2.66. The molecule has 126 valence electrons. The van der Waals surface area contributed by atoms with Gasteiger partial charge in [-0.2, -0.15) is 17.6 Å². The predicted molar refractivity (Wildman–Crippen MR) is 60.4 cm³/mol. The Hall–Kier alpha value is -2.40. The van der Waals surface area contributed by atoms with Crippen LogP contribution in [-0.2, 0) is 19.2 Å². The van der Waals surface area contributed by atoms with E-state index < -0.39 is 61.5 Å². The molecule has 0 heterocycles. The first-order valence-electron chi connectivity index (χ1n) is 5.68. The first-order chi connectivity index (χ1) is 9.92. The van der Waals surface area contributed by atoms with Crippen molar-refractivity contribution >= 4 is 23.8 Å². The highest BCUT2D eigenvalue weighted by molar-refractivity contribution is 5.95. The largest absolute Gasteiger partial charge is 0.481 e. The molecule has 0 aliphatic heterocycles. The number of carboxylic acids is 2. The minimum absolute atomic E-state index is 0.780. The van der Waals surface area contributed by atoms with Crippen LogP contribution in [0.25, 0.3) is 0 Å². The van der Waals surface area contributed by atoms with Crippen LogP contribution in [0.1, 0.15) is 12.8 Å². The van der Waals surface area contributed by atoms with E-state index in [-0.39, 0.29) is 0 Å². The predicted octanol–water partition coefficient (Wildman–Crippen LogP) is -0.561. The Labute approximate surface area is 120 Å². The van der Waals surface area contributed by atoms with Crippen LogP contribution in [0.3, 0.4) is 0 Å². The Kier molecular flexibility index (Phi) is 6.74. The number of alkyl halides is 4. The summed E-state index contributed by atoms with van der Waals surface area (Å²) in [5.74, 6) is -18.8. The minimum atomic E-state index is -5.43. The Morgan fingerprint density at radius 2 is 1.00 bits per heavy atom. The van der Waals surface area contributed by atoms with Crippen molar-refractivity contribution in [3.8, 4) is 0 Å². The molecule has 0 aromatic heterocycles. The Balaban J connectivity index is 4.75. The van der Waals surface area contributed by atoms with Crippen molar-refractivity contribution in [1.29, 1.82) is 0 Å². The van der Waals surface area contributed by atoms with Crippen LogP contribution >= 0.6 is 0 Å². The van der Waals surface area contributed by atoms with Gasteiger partial charge < -0.3 is 20.8 Å². The van der Waals surface area contributed by atoms with Gasteiger partial charge in [-0.05, 0) is 0 Å². The molecule has 12 heteroatoms. The van der Waals surface area contributed by atoms with Gasteiger partial charge in [-0.25, -0.2) is 0 Å². The van der Waals surface area contributed by atoms with Crippen molar-refractivity contribution < 1.29 is 47.0 Å². The van der Waals surface area contributed by atoms with Crippen LogP contribution < -0.4 is 10.6 Å². The van der Waals surface area contributed by atoms with Crippen LogP contribution in [0.2, 0.25) is 0 Å². The minimum Gasteiger partial charge on any atom is -0.481 e. The first-order valence-corrected chi connectivity index (χ1v) is 5.68. The summed E-state index contributed by atoms with van der Waals surface area (Å²) in [6, 6.07) is 0. The molecule has 0 fully saturated rings. The molecule has 0 spiro atoms. The summed E-state index contributed by atoms with van der Waals surface area (Å²) >= 11 is 0. The summed E-state index contributed by atoms with van der Waals surface area (Å²) in [7, 11) is 0. The monoisotopic (exact) mass is 332 g/mol. The van der Waals surface area contributed by atoms with Crippen molar-refractivity contribution in [3.05, 3.63) is 0 Å². The topological polar surface area (TPSA) is 133 Å². The van der Waals surface area contributed by atoms with Gasteiger partial charge in [0.1, 0.15) is 0 Å². The van der Waals surface area contributed by atoms with Crippen molar-refractivity contribution in [2.45, 2.75) is 24.7 Å². The van der Waals surface area contributed by atoms with Crippen molar-refractivity contribution in [3.63, 3.8) is 0 Å². The molecule has 0 radical (unpaired) electrons. The van der Waals surface area contributed by atoms with E-state index in [1.807, 2.05) is 0 Å². The first kappa shape index (κ1) is 19.6. The summed E-state index contributed by atoms with van der Waals surface area (Å²) in [4.78, 5) is 42.2. The van der Waals surface area contributed by atoms with E-state index in [1.165, 1.54) is 10.6 Å². The number of hydrogen-bond donors (Lipinski definition) is 4. The zero-order valence-electron chi connectivity index (χ0n) is 10.9. The molecule has 22 heavy (non-hydrogen) atoms. The zero-order chi connectivity index (χ0) is 17.6. The molecule has 0 aromatic carbocycles. The molecule has 0 unspecified atom stereocenters. The van der Waals surface area contributed by atoms with Gasteiger partial charge in [-0.1, -0.05) is 0 Å². The Bertz CT molecular complexity index is 426. The van der Waals surface area contributed by atoms with Crippen molar-refractivity contribution in [2.24, 2.45) is 0 Å². The molecule has 0 bridgehead atoms. The number of carbonyl (C=O) groups excluding carboxylic acids is 2. The molecule has 8 nitrogen and oxygen atoms in total. The summed E-state index contributed by atoms with van der Waals surface area (Å²) in [5, 5.41) is 19.0. The molecule has 0 saturated carbocycles. The number of halogens is 4. The van der Waals surface area contributed by atoms with Crippen LogP contribution in [0.5, 0.6) is 0 Å². The van der Waals surface area contributed by atoms with Gasteiger partial charge in [0, 0.05) is 13.1 Å². The zero-order valence-corrected chi connectivity index (χ0v) is 10.9. The van der Waals surface area contributed by atoms with Crippen molar-refractivity contribution in [1.82, 2.24) is 10.6 Å². The van der Waals surface area contributed by atoms with E-state index in [9.17, 15) is 36.7 Å². The maximum Gasteiger partial charge on any atom is 0.395 e. The van der Waals surface area contributed by atoms with E-state index in [0.29, 0.717) is 0 Å². The molecule has 4 N–H and O–H groups in total. The average molecular weight is 332 g/mol. The van der Waals surface area contributed by atoms with E-state index in [0.717, 1.165) is 0 Å². The third-order valence-electron chi connectivity index (χ3n) is 2.21. The fraction of sp³-hybridized carbons (Fsp3) is 0.600. The van der Waals surface area contributed by atoms with Crippen LogP contribution in [0, 0.1) is 0 Å². The maximum absolute atomic E-state index is 13.3. The number of carbonyl (C=O) groups is 4.